The van der Waals surface area contributed by atoms with E-state index in [1.807, 2.05) is 0 Å². The number of hydrogen-bond donors (Lipinski definition) is 0. The Morgan fingerprint density at radius 2 is 1.00 bits per heavy atom. The summed E-state index contributed by atoms with van der Waals surface area (Å²) >= 11 is 0. The molecule has 4 heavy (non-hydrogen) atoms. The van der Waals surface area contributed by atoms with E-state index in [4.69, 9.17) is 0 Å². The Morgan fingerprint density at radius 3 is 1.00 bits per heavy atom. The van der Waals surface area contributed by atoms with Gasteiger partial charge in [-0.3, -0.25) is 0 Å². The van der Waals surface area contributed by atoms with Crippen LogP contribution < -0.4 is 0 Å². The van der Waals surface area contributed by atoms with Gasteiger partial charge >= 0.3 is 23.9 Å². The molecule has 0 nitrogen and oxygen atoms in total. The van der Waals surface area contributed by atoms with Gasteiger partial charge in [0.05, 0.1) is 0 Å². The van der Waals surface area contributed by atoms with E-state index < -0.39 is 0 Å². The molecule has 0 spiro atoms. The molecule has 21 valence electrons. The topological polar surface area (TPSA) is 0 Å². The Labute approximate surface area is 86.2 Å². The van der Waals surface area contributed by atoms with Gasteiger partial charge in [0.25, 0.3) is 0 Å². The molecule has 0 saturated carbocycles. The van der Waals surface area contributed by atoms with Gasteiger partial charge in [-0.15, -0.1) is 0 Å². The van der Waals surface area contributed by atoms with E-state index in [1.54, 1.807) is 0 Å². The van der Waals surface area contributed by atoms with E-state index in [0.29, 0.717) is 0 Å². The SMILES string of the molecule is [Cd].[Cu].[SnH2].[Zn]. The minimum Gasteiger partial charge on any atom is 0 e. The molecule has 0 bridgehead atoms. The second kappa shape index (κ2) is 16.9. The Balaban J connectivity index is 0. The maximum atomic E-state index is 0. The molecule has 0 aromatic heterocycles. The van der Waals surface area contributed by atoms with Crippen LogP contribution in [0.2, 0.25) is 0 Å². The maximum Gasteiger partial charge on any atom is 0 e. The van der Waals surface area contributed by atoms with Gasteiger partial charge in [-0.05, 0) is 0 Å². The Bertz CT molecular complexity index is 8.00. The Kier molecular flexibility index (Phi) is 122. The molecular formula is H2CdCuSnZn. The second-order valence-corrected chi connectivity index (χ2v) is 0. The van der Waals surface area contributed by atoms with Gasteiger partial charge in [0, 0.05) is 63.8 Å². The standard InChI is InChI=1S/Cd.Cu.Sn.Zn.2H. The summed E-state index contributed by atoms with van der Waals surface area (Å²) in [5, 5.41) is 0. The zero-order chi connectivity index (χ0) is 0. The first-order valence-electron chi connectivity index (χ1n) is 0. The van der Waals surface area contributed by atoms with E-state index in [-0.39, 0.29) is 87.8 Å². The van der Waals surface area contributed by atoms with Crippen LogP contribution in [-0.2, 0) is 63.8 Å². The van der Waals surface area contributed by atoms with E-state index >= 15 is 0 Å². The third kappa shape index (κ3) is 8.85. The number of hydrogen-bond acceptors (Lipinski definition) is 0. The van der Waals surface area contributed by atoms with E-state index in [1.165, 1.54) is 0 Å². The quantitative estimate of drug-likeness (QED) is 0.489. The van der Waals surface area contributed by atoms with Gasteiger partial charge in [0.1, 0.15) is 0 Å². The normalized spacial score (nSPS) is 0. The van der Waals surface area contributed by atoms with E-state index in [9.17, 15) is 0 Å². The second-order valence-electron chi connectivity index (χ2n) is 0. The summed E-state index contributed by atoms with van der Waals surface area (Å²) in [6.07, 6.45) is 0. The molecule has 0 N–H and O–H groups in total. The maximum absolute atomic E-state index is 0. The molecule has 0 unspecified atom stereocenters. The minimum atomic E-state index is 0. The monoisotopic (exact) mass is 363 g/mol. The Morgan fingerprint density at radius 1 is 1.00 bits per heavy atom. The van der Waals surface area contributed by atoms with E-state index in [0.717, 1.165) is 0 Å². The molecule has 0 rings (SSSR count). The molecule has 4 heteroatoms. The van der Waals surface area contributed by atoms with Crippen LogP contribution in [0.15, 0.2) is 0 Å². The van der Waals surface area contributed by atoms with Crippen molar-refractivity contribution in [2.24, 2.45) is 0 Å². The summed E-state index contributed by atoms with van der Waals surface area (Å²) in [6, 6.07) is 0. The van der Waals surface area contributed by atoms with Crippen LogP contribution in [-0.4, -0.2) is 23.9 Å². The summed E-state index contributed by atoms with van der Waals surface area (Å²) in [4.78, 5) is 0. The smallest absolute Gasteiger partial charge is 0 e. The zero-order valence-corrected chi connectivity index (χ0v) is 14.4. The van der Waals surface area contributed by atoms with Crippen LogP contribution in [0.4, 0.5) is 0 Å². The van der Waals surface area contributed by atoms with Crippen molar-refractivity contribution >= 4 is 23.9 Å². The molecule has 0 saturated heterocycles. The van der Waals surface area contributed by atoms with Crippen LogP contribution in [0.3, 0.4) is 0 Å². The fourth-order valence-corrected chi connectivity index (χ4v) is 0. The zero-order valence-electron chi connectivity index (χ0n) is 2.42. The van der Waals surface area contributed by atoms with Crippen molar-refractivity contribution in [2.75, 3.05) is 0 Å². The van der Waals surface area contributed by atoms with Crippen LogP contribution in [0.1, 0.15) is 0 Å². The van der Waals surface area contributed by atoms with Crippen LogP contribution >= 0.6 is 0 Å². The first-order valence-corrected chi connectivity index (χ1v) is 0. The molecule has 0 heterocycles. The summed E-state index contributed by atoms with van der Waals surface area (Å²) < 4.78 is 0. The van der Waals surface area contributed by atoms with Crippen LogP contribution in [0, 0.1) is 0 Å². The summed E-state index contributed by atoms with van der Waals surface area (Å²) in [5.41, 5.74) is 0. The van der Waals surface area contributed by atoms with E-state index in [2.05, 4.69) is 0 Å². The molecular weight excluding hydrogens is 360 g/mol. The molecule has 0 aliphatic carbocycles. The summed E-state index contributed by atoms with van der Waals surface area (Å²) in [7, 11) is 0. The van der Waals surface area contributed by atoms with Crippen molar-refractivity contribution in [2.45, 2.75) is 0 Å². The van der Waals surface area contributed by atoms with Gasteiger partial charge in [0.15, 0.2) is 0 Å². The van der Waals surface area contributed by atoms with Gasteiger partial charge in [-0.1, -0.05) is 0 Å². The third-order valence-corrected chi connectivity index (χ3v) is 0. The van der Waals surface area contributed by atoms with Crippen molar-refractivity contribution in [3.05, 3.63) is 0 Å². The Hall–Kier alpha value is 2.86. The molecule has 0 fully saturated rings. The van der Waals surface area contributed by atoms with Crippen LogP contribution in [0.25, 0.3) is 0 Å². The van der Waals surface area contributed by atoms with Crippen molar-refractivity contribution in [3.63, 3.8) is 0 Å². The summed E-state index contributed by atoms with van der Waals surface area (Å²) in [5.74, 6) is 0. The molecule has 0 aliphatic heterocycles. The first-order chi connectivity index (χ1) is 0. The number of rotatable bonds is 0. The fraction of sp³-hybridized carbons (Fsp3) is 0. The van der Waals surface area contributed by atoms with Crippen molar-refractivity contribution in [1.82, 2.24) is 0 Å². The average molecular weight is 362 g/mol. The molecule has 0 aromatic carbocycles. The van der Waals surface area contributed by atoms with Gasteiger partial charge < -0.3 is 0 Å². The summed E-state index contributed by atoms with van der Waals surface area (Å²) in [6.45, 7) is 0. The minimum absolute atomic E-state index is 0. The molecule has 0 aromatic rings. The predicted octanol–water partition coefficient (Wildman–Crippen LogP) is -0.924. The van der Waals surface area contributed by atoms with Crippen molar-refractivity contribution < 1.29 is 63.8 Å². The van der Waals surface area contributed by atoms with Gasteiger partial charge in [-0.2, -0.15) is 0 Å². The first kappa shape index (κ1) is 28.8. The molecule has 0 aliphatic rings. The predicted molar refractivity (Wildman–Crippen MR) is 8.54 cm³/mol. The van der Waals surface area contributed by atoms with Crippen molar-refractivity contribution in [1.29, 1.82) is 0 Å². The largest absolute Gasteiger partial charge is 0 e. The van der Waals surface area contributed by atoms with Gasteiger partial charge in [0.2, 0.25) is 0 Å². The molecule has 0 amide bonds. The van der Waals surface area contributed by atoms with Gasteiger partial charge in [-0.25, -0.2) is 0 Å². The molecule has 3 radical (unpaired) electrons. The molecule has 0 atom stereocenters. The van der Waals surface area contributed by atoms with Crippen molar-refractivity contribution in [3.8, 4) is 0 Å². The third-order valence-electron chi connectivity index (χ3n) is 0. The average Bonchev–Trinajstić information content (AvgIpc) is 0. The fourth-order valence-electron chi connectivity index (χ4n) is 0. The van der Waals surface area contributed by atoms with Crippen LogP contribution in [0.5, 0.6) is 0 Å².